The topological polar surface area (TPSA) is 37.3 Å². The molecule has 1 aromatic rings. The van der Waals surface area contributed by atoms with E-state index in [0.717, 1.165) is 16.7 Å². The van der Waals surface area contributed by atoms with E-state index in [9.17, 15) is 9.90 Å². The average Bonchev–Trinajstić information content (AvgIpc) is 2.08. The highest BCUT2D eigenvalue weighted by atomic mass is 16.4. The summed E-state index contributed by atoms with van der Waals surface area (Å²) in [5.74, 6) is -1.20. The molecular weight excluding hydrogens is 200 g/mol. The van der Waals surface area contributed by atoms with Gasteiger partial charge in [-0.2, -0.15) is 0 Å². The maximum atomic E-state index is 11.4. The van der Waals surface area contributed by atoms with Gasteiger partial charge in [0.25, 0.3) is 0 Å². The molecule has 0 bridgehead atoms. The first-order valence-electron chi connectivity index (χ1n) is 5.53. The van der Waals surface area contributed by atoms with Crippen molar-refractivity contribution < 1.29 is 9.90 Å². The second-order valence-corrected chi connectivity index (χ2v) is 5.50. The predicted molar refractivity (Wildman–Crippen MR) is 65.7 cm³/mol. The molecule has 0 radical (unpaired) electrons. The number of benzene rings is 1. The molecule has 88 valence electrons. The van der Waals surface area contributed by atoms with Crippen LogP contribution >= 0.6 is 0 Å². The van der Waals surface area contributed by atoms with Crippen LogP contribution in [0.25, 0.3) is 0 Å². The lowest BCUT2D eigenvalue weighted by Crippen LogP contribution is -2.27. The Balaban J connectivity index is 3.32. The van der Waals surface area contributed by atoms with Crippen LogP contribution in [0.5, 0.6) is 0 Å². The molecule has 1 aromatic carbocycles. The molecule has 0 spiro atoms. The molecule has 1 N–H and O–H groups in total. The molecule has 0 amide bonds. The summed E-state index contributed by atoms with van der Waals surface area (Å²) in [5, 5.41) is 9.38. The van der Waals surface area contributed by atoms with Crippen LogP contribution in [0, 0.1) is 19.3 Å². The molecule has 1 unspecified atom stereocenters. The van der Waals surface area contributed by atoms with Crippen molar-refractivity contribution >= 4 is 5.97 Å². The van der Waals surface area contributed by atoms with Crippen molar-refractivity contribution in [1.29, 1.82) is 0 Å². The van der Waals surface area contributed by atoms with Gasteiger partial charge in [-0.25, -0.2) is 0 Å². The van der Waals surface area contributed by atoms with Gasteiger partial charge in [-0.3, -0.25) is 4.79 Å². The quantitative estimate of drug-likeness (QED) is 0.828. The van der Waals surface area contributed by atoms with Crippen molar-refractivity contribution in [3.8, 4) is 0 Å². The van der Waals surface area contributed by atoms with Crippen LogP contribution in [0.1, 0.15) is 43.4 Å². The third-order valence-corrected chi connectivity index (χ3v) is 2.86. The summed E-state index contributed by atoms with van der Waals surface area (Å²) in [5.41, 5.74) is 2.81. The number of aliphatic carboxylic acids is 1. The van der Waals surface area contributed by atoms with Crippen LogP contribution in [-0.4, -0.2) is 11.1 Å². The molecule has 0 aliphatic heterocycles. The first kappa shape index (κ1) is 12.8. The van der Waals surface area contributed by atoms with Crippen molar-refractivity contribution in [3.05, 3.63) is 34.9 Å². The second-order valence-electron chi connectivity index (χ2n) is 5.50. The Kier molecular flexibility index (Phi) is 3.41. The van der Waals surface area contributed by atoms with E-state index in [-0.39, 0.29) is 5.41 Å². The van der Waals surface area contributed by atoms with Gasteiger partial charge < -0.3 is 5.11 Å². The minimum absolute atomic E-state index is 0.273. The molecule has 0 saturated carbocycles. The van der Waals surface area contributed by atoms with Gasteiger partial charge in [-0.05, 0) is 30.4 Å². The van der Waals surface area contributed by atoms with E-state index in [4.69, 9.17) is 0 Å². The number of carbonyl (C=O) groups is 1. The van der Waals surface area contributed by atoms with E-state index >= 15 is 0 Å². The highest BCUT2D eigenvalue weighted by Gasteiger charge is 2.33. The Morgan fingerprint density at radius 3 is 2.25 bits per heavy atom. The van der Waals surface area contributed by atoms with Crippen LogP contribution in [0.2, 0.25) is 0 Å². The zero-order valence-electron chi connectivity index (χ0n) is 10.7. The van der Waals surface area contributed by atoms with Gasteiger partial charge in [0.2, 0.25) is 0 Å². The van der Waals surface area contributed by atoms with E-state index < -0.39 is 11.9 Å². The third-order valence-electron chi connectivity index (χ3n) is 2.86. The zero-order valence-corrected chi connectivity index (χ0v) is 10.7. The van der Waals surface area contributed by atoms with E-state index in [1.807, 2.05) is 52.8 Å². The molecule has 2 nitrogen and oxygen atoms in total. The lowest BCUT2D eigenvalue weighted by Gasteiger charge is -2.28. The fourth-order valence-electron chi connectivity index (χ4n) is 2.04. The van der Waals surface area contributed by atoms with Crippen molar-refractivity contribution in [2.24, 2.45) is 5.41 Å². The van der Waals surface area contributed by atoms with E-state index in [1.54, 1.807) is 0 Å². The first-order valence-corrected chi connectivity index (χ1v) is 5.53. The van der Waals surface area contributed by atoms with Crippen molar-refractivity contribution in [2.45, 2.75) is 40.5 Å². The molecule has 0 aromatic heterocycles. The number of rotatable bonds is 2. The van der Waals surface area contributed by atoms with E-state index in [2.05, 4.69) is 0 Å². The Morgan fingerprint density at radius 2 is 1.81 bits per heavy atom. The monoisotopic (exact) mass is 220 g/mol. The third kappa shape index (κ3) is 2.63. The summed E-state index contributed by atoms with van der Waals surface area (Å²) >= 11 is 0. The number of hydrogen-bond donors (Lipinski definition) is 1. The van der Waals surface area contributed by atoms with Crippen LogP contribution in [0.4, 0.5) is 0 Å². The summed E-state index contributed by atoms with van der Waals surface area (Å²) in [6.07, 6.45) is 0. The Bertz CT molecular complexity index is 400. The average molecular weight is 220 g/mol. The number of aryl methyl sites for hydroxylation is 2. The molecule has 0 aliphatic rings. The number of hydrogen-bond acceptors (Lipinski definition) is 1. The van der Waals surface area contributed by atoms with Crippen molar-refractivity contribution in [3.63, 3.8) is 0 Å². The van der Waals surface area contributed by atoms with Crippen molar-refractivity contribution in [2.75, 3.05) is 0 Å². The SMILES string of the molecule is Cc1ccc(C)c(C(C(=O)O)C(C)(C)C)c1. The molecule has 1 atom stereocenters. The summed E-state index contributed by atoms with van der Waals surface area (Å²) in [4.78, 5) is 11.4. The minimum Gasteiger partial charge on any atom is -0.481 e. The highest BCUT2D eigenvalue weighted by molar-refractivity contribution is 5.77. The maximum absolute atomic E-state index is 11.4. The summed E-state index contributed by atoms with van der Waals surface area (Å²) < 4.78 is 0. The molecule has 0 saturated heterocycles. The second kappa shape index (κ2) is 4.28. The van der Waals surface area contributed by atoms with Crippen LogP contribution in [-0.2, 0) is 4.79 Å². The molecular formula is C14H20O2. The van der Waals surface area contributed by atoms with Gasteiger partial charge in [0.15, 0.2) is 0 Å². The van der Waals surface area contributed by atoms with Crippen molar-refractivity contribution in [1.82, 2.24) is 0 Å². The first-order chi connectivity index (χ1) is 7.23. The predicted octanol–water partition coefficient (Wildman–Crippen LogP) is 3.52. The maximum Gasteiger partial charge on any atom is 0.311 e. The normalized spacial score (nSPS) is 13.6. The summed E-state index contributed by atoms with van der Waals surface area (Å²) in [6.45, 7) is 9.86. The summed E-state index contributed by atoms with van der Waals surface area (Å²) in [6, 6.07) is 5.99. The van der Waals surface area contributed by atoms with Gasteiger partial charge in [0.05, 0.1) is 5.92 Å². The van der Waals surface area contributed by atoms with Gasteiger partial charge in [0, 0.05) is 0 Å². The zero-order chi connectivity index (χ0) is 12.5. The van der Waals surface area contributed by atoms with Gasteiger partial charge in [0.1, 0.15) is 0 Å². The Morgan fingerprint density at radius 1 is 1.25 bits per heavy atom. The van der Waals surface area contributed by atoms with E-state index in [1.165, 1.54) is 0 Å². The van der Waals surface area contributed by atoms with Gasteiger partial charge >= 0.3 is 5.97 Å². The van der Waals surface area contributed by atoms with E-state index in [0.29, 0.717) is 0 Å². The van der Waals surface area contributed by atoms with Crippen LogP contribution in [0.3, 0.4) is 0 Å². The largest absolute Gasteiger partial charge is 0.481 e. The number of carboxylic acid groups (broad SMARTS) is 1. The minimum atomic E-state index is -0.749. The lowest BCUT2D eigenvalue weighted by atomic mass is 9.75. The molecule has 0 heterocycles. The smallest absolute Gasteiger partial charge is 0.311 e. The number of carboxylic acids is 1. The van der Waals surface area contributed by atoms with Gasteiger partial charge in [-0.15, -0.1) is 0 Å². The molecule has 1 rings (SSSR count). The molecule has 16 heavy (non-hydrogen) atoms. The van der Waals surface area contributed by atoms with Crippen LogP contribution in [0.15, 0.2) is 18.2 Å². The fraction of sp³-hybridized carbons (Fsp3) is 0.500. The standard InChI is InChI=1S/C14H20O2/c1-9-6-7-10(2)11(8-9)12(13(15)16)14(3,4)5/h6-8,12H,1-5H3,(H,15,16). The fourth-order valence-corrected chi connectivity index (χ4v) is 2.04. The lowest BCUT2D eigenvalue weighted by molar-refractivity contribution is -0.141. The molecule has 0 fully saturated rings. The Labute approximate surface area is 97.3 Å². The van der Waals surface area contributed by atoms with Gasteiger partial charge in [-0.1, -0.05) is 44.5 Å². The molecule has 0 aliphatic carbocycles. The molecule has 2 heteroatoms. The highest BCUT2D eigenvalue weighted by Crippen LogP contribution is 2.37. The van der Waals surface area contributed by atoms with Crippen LogP contribution < -0.4 is 0 Å². The summed E-state index contributed by atoms with van der Waals surface area (Å²) in [7, 11) is 0. The Hall–Kier alpha value is -1.31.